The summed E-state index contributed by atoms with van der Waals surface area (Å²) in [6, 6.07) is 0. The number of hydrogen-bond acceptors (Lipinski definition) is 2. The molecule has 1 aliphatic carbocycles. The average molecular weight is 172 g/mol. The topological polar surface area (TPSA) is 57.5 Å². The summed E-state index contributed by atoms with van der Waals surface area (Å²) in [5.41, 5.74) is 0. The second-order valence-electron chi connectivity index (χ2n) is 3.58. The van der Waals surface area contributed by atoms with Crippen molar-refractivity contribution in [1.82, 2.24) is 0 Å². The van der Waals surface area contributed by atoms with Gasteiger partial charge in [-0.2, -0.15) is 0 Å². The molecule has 1 fully saturated rings. The van der Waals surface area contributed by atoms with Gasteiger partial charge in [-0.1, -0.05) is 13.3 Å². The maximum atomic E-state index is 10.8. The Labute approximate surface area is 72.4 Å². The van der Waals surface area contributed by atoms with Crippen LogP contribution in [0.5, 0.6) is 0 Å². The predicted octanol–water partition coefficient (Wildman–Crippen LogP) is 1.26. The fourth-order valence-electron chi connectivity index (χ4n) is 2.00. The van der Waals surface area contributed by atoms with Crippen LogP contribution in [0.2, 0.25) is 0 Å². The highest BCUT2D eigenvalue weighted by atomic mass is 16.4. The predicted molar refractivity (Wildman–Crippen MR) is 44.8 cm³/mol. The molecule has 0 aromatic heterocycles. The molecule has 3 heteroatoms. The number of aliphatic hydroxyl groups excluding tert-OH is 1. The molecule has 0 aromatic rings. The Morgan fingerprint density at radius 3 is 2.67 bits per heavy atom. The lowest BCUT2D eigenvalue weighted by atomic mass is 9.77. The van der Waals surface area contributed by atoms with Crippen LogP contribution >= 0.6 is 0 Å². The van der Waals surface area contributed by atoms with Crippen molar-refractivity contribution in [3.05, 3.63) is 0 Å². The van der Waals surface area contributed by atoms with Gasteiger partial charge in [0.25, 0.3) is 0 Å². The summed E-state index contributed by atoms with van der Waals surface area (Å²) in [6.45, 7) is 2.01. The van der Waals surface area contributed by atoms with Gasteiger partial charge in [0.05, 0.1) is 12.0 Å². The first-order valence-corrected chi connectivity index (χ1v) is 4.56. The summed E-state index contributed by atoms with van der Waals surface area (Å²) >= 11 is 0. The van der Waals surface area contributed by atoms with E-state index in [2.05, 4.69) is 0 Å². The lowest BCUT2D eigenvalue weighted by Gasteiger charge is -2.30. The van der Waals surface area contributed by atoms with Crippen molar-refractivity contribution in [2.45, 2.75) is 38.7 Å². The van der Waals surface area contributed by atoms with Crippen molar-refractivity contribution in [3.63, 3.8) is 0 Å². The highest BCUT2D eigenvalue weighted by molar-refractivity contribution is 5.70. The monoisotopic (exact) mass is 172 g/mol. The number of aliphatic carboxylic acids is 1. The van der Waals surface area contributed by atoms with E-state index in [4.69, 9.17) is 5.11 Å². The molecule has 1 rings (SSSR count). The summed E-state index contributed by atoms with van der Waals surface area (Å²) in [6.07, 6.45) is 2.57. The van der Waals surface area contributed by atoms with E-state index in [1.807, 2.05) is 6.92 Å². The zero-order valence-corrected chi connectivity index (χ0v) is 7.36. The number of rotatable bonds is 2. The van der Waals surface area contributed by atoms with E-state index < -0.39 is 12.1 Å². The molecular weight excluding hydrogens is 156 g/mol. The molecule has 0 aromatic carbocycles. The minimum Gasteiger partial charge on any atom is -0.481 e. The molecule has 12 heavy (non-hydrogen) atoms. The molecule has 70 valence electrons. The fourth-order valence-corrected chi connectivity index (χ4v) is 2.00. The van der Waals surface area contributed by atoms with Crippen LogP contribution in [0, 0.1) is 11.8 Å². The second-order valence-corrected chi connectivity index (χ2v) is 3.58. The van der Waals surface area contributed by atoms with Crippen LogP contribution in [0.1, 0.15) is 32.6 Å². The van der Waals surface area contributed by atoms with E-state index in [9.17, 15) is 9.90 Å². The molecule has 3 atom stereocenters. The quantitative estimate of drug-likeness (QED) is 0.659. The number of carbonyl (C=O) groups is 1. The number of aliphatic hydroxyl groups is 1. The third-order valence-electron chi connectivity index (χ3n) is 2.81. The Morgan fingerprint density at radius 2 is 2.17 bits per heavy atom. The van der Waals surface area contributed by atoms with Crippen molar-refractivity contribution in [3.8, 4) is 0 Å². The van der Waals surface area contributed by atoms with Crippen LogP contribution < -0.4 is 0 Å². The summed E-state index contributed by atoms with van der Waals surface area (Å²) in [5, 5.41) is 18.1. The number of carboxylic acid groups (broad SMARTS) is 1. The smallest absolute Gasteiger partial charge is 0.306 e. The van der Waals surface area contributed by atoms with Gasteiger partial charge in [-0.15, -0.1) is 0 Å². The van der Waals surface area contributed by atoms with E-state index in [-0.39, 0.29) is 11.8 Å². The molecule has 3 unspecified atom stereocenters. The Morgan fingerprint density at radius 1 is 1.50 bits per heavy atom. The van der Waals surface area contributed by atoms with Gasteiger partial charge < -0.3 is 10.2 Å². The van der Waals surface area contributed by atoms with Crippen LogP contribution in [0.15, 0.2) is 0 Å². The van der Waals surface area contributed by atoms with Gasteiger partial charge in [-0.3, -0.25) is 4.79 Å². The van der Waals surface area contributed by atoms with Gasteiger partial charge in [-0.05, 0) is 25.2 Å². The molecule has 0 bridgehead atoms. The van der Waals surface area contributed by atoms with Crippen LogP contribution in [-0.2, 0) is 4.79 Å². The molecule has 0 spiro atoms. The SMILES string of the molecule is CCC1CCC(O)CC1C(=O)O. The van der Waals surface area contributed by atoms with Crippen molar-refractivity contribution in [2.24, 2.45) is 11.8 Å². The third-order valence-corrected chi connectivity index (χ3v) is 2.81. The van der Waals surface area contributed by atoms with E-state index in [1.54, 1.807) is 0 Å². The van der Waals surface area contributed by atoms with Gasteiger partial charge in [-0.25, -0.2) is 0 Å². The highest BCUT2D eigenvalue weighted by Crippen LogP contribution is 2.32. The summed E-state index contributed by atoms with van der Waals surface area (Å²) in [4.78, 5) is 10.8. The molecule has 0 amide bonds. The highest BCUT2D eigenvalue weighted by Gasteiger charge is 2.33. The van der Waals surface area contributed by atoms with Gasteiger partial charge >= 0.3 is 5.97 Å². The third kappa shape index (κ3) is 1.97. The van der Waals surface area contributed by atoms with E-state index in [0.29, 0.717) is 6.42 Å². The van der Waals surface area contributed by atoms with Crippen LogP contribution in [0.3, 0.4) is 0 Å². The van der Waals surface area contributed by atoms with Gasteiger partial charge in [0.15, 0.2) is 0 Å². The zero-order valence-electron chi connectivity index (χ0n) is 7.36. The molecule has 0 radical (unpaired) electrons. The van der Waals surface area contributed by atoms with Crippen molar-refractivity contribution in [1.29, 1.82) is 0 Å². The summed E-state index contributed by atoms with van der Waals surface area (Å²) < 4.78 is 0. The molecular formula is C9H16O3. The molecule has 1 saturated carbocycles. The van der Waals surface area contributed by atoms with E-state index >= 15 is 0 Å². The van der Waals surface area contributed by atoms with Gasteiger partial charge in [0.2, 0.25) is 0 Å². The number of carboxylic acids is 1. The number of hydrogen-bond donors (Lipinski definition) is 2. The minimum atomic E-state index is -0.749. The van der Waals surface area contributed by atoms with Crippen molar-refractivity contribution < 1.29 is 15.0 Å². The van der Waals surface area contributed by atoms with Crippen molar-refractivity contribution >= 4 is 5.97 Å². The van der Waals surface area contributed by atoms with Crippen LogP contribution in [-0.4, -0.2) is 22.3 Å². The van der Waals surface area contributed by atoms with Crippen LogP contribution in [0.4, 0.5) is 0 Å². The molecule has 0 heterocycles. The summed E-state index contributed by atoms with van der Waals surface area (Å²) in [5.74, 6) is -0.801. The van der Waals surface area contributed by atoms with Crippen molar-refractivity contribution in [2.75, 3.05) is 0 Å². The molecule has 0 aliphatic heterocycles. The first kappa shape index (κ1) is 9.52. The lowest BCUT2D eigenvalue weighted by molar-refractivity contribution is -0.146. The fraction of sp³-hybridized carbons (Fsp3) is 0.889. The Bertz CT molecular complexity index is 167. The standard InChI is InChI=1S/C9H16O3/c1-2-6-3-4-7(10)5-8(6)9(11)12/h6-8,10H,2-5H2,1H3,(H,11,12). The van der Waals surface area contributed by atoms with E-state index in [0.717, 1.165) is 19.3 Å². The lowest BCUT2D eigenvalue weighted by Crippen LogP contribution is -2.32. The Kier molecular flexibility index (Phi) is 3.09. The Balaban J connectivity index is 2.58. The average Bonchev–Trinajstić information content (AvgIpc) is 2.04. The van der Waals surface area contributed by atoms with E-state index in [1.165, 1.54) is 0 Å². The maximum absolute atomic E-state index is 10.8. The second kappa shape index (κ2) is 3.90. The normalized spacial score (nSPS) is 36.3. The summed E-state index contributed by atoms with van der Waals surface area (Å²) in [7, 11) is 0. The molecule has 0 saturated heterocycles. The zero-order chi connectivity index (χ0) is 9.14. The first-order chi connectivity index (χ1) is 5.65. The van der Waals surface area contributed by atoms with Crippen LogP contribution in [0.25, 0.3) is 0 Å². The molecule has 3 nitrogen and oxygen atoms in total. The largest absolute Gasteiger partial charge is 0.481 e. The maximum Gasteiger partial charge on any atom is 0.306 e. The Hall–Kier alpha value is -0.570. The minimum absolute atomic E-state index is 0.269. The van der Waals surface area contributed by atoms with Gasteiger partial charge in [0, 0.05) is 0 Å². The van der Waals surface area contributed by atoms with Gasteiger partial charge in [0.1, 0.15) is 0 Å². The molecule has 1 aliphatic rings. The first-order valence-electron chi connectivity index (χ1n) is 4.56. The molecule has 2 N–H and O–H groups in total.